The van der Waals surface area contributed by atoms with Gasteiger partial charge in [0.1, 0.15) is 5.82 Å². The highest BCUT2D eigenvalue weighted by molar-refractivity contribution is 6.30. The molecule has 0 amide bonds. The minimum atomic E-state index is -0.267. The topological polar surface area (TPSA) is 12.0 Å². The number of aryl methyl sites for hydroxylation is 1. The summed E-state index contributed by atoms with van der Waals surface area (Å²) in [5, 5.41) is 3.87. The first-order valence-electron chi connectivity index (χ1n) is 7.29. The van der Waals surface area contributed by atoms with Crippen LogP contribution in [-0.2, 0) is 0 Å². The minimum Gasteiger partial charge on any atom is -0.306 e. The second-order valence-corrected chi connectivity index (χ2v) is 5.78. The van der Waals surface area contributed by atoms with Gasteiger partial charge in [-0.05, 0) is 55.6 Å². The maximum absolute atomic E-state index is 14.3. The summed E-state index contributed by atoms with van der Waals surface area (Å²) in [5.74, 6) is -0.267. The van der Waals surface area contributed by atoms with Crippen LogP contribution in [0.1, 0.15) is 41.6 Å². The Kier molecular flexibility index (Phi) is 5.38. The third kappa shape index (κ3) is 3.63. The van der Waals surface area contributed by atoms with Gasteiger partial charge in [-0.25, -0.2) is 4.39 Å². The van der Waals surface area contributed by atoms with Gasteiger partial charge in [-0.15, -0.1) is 0 Å². The molecule has 21 heavy (non-hydrogen) atoms. The van der Waals surface area contributed by atoms with E-state index in [-0.39, 0.29) is 11.9 Å². The van der Waals surface area contributed by atoms with Crippen LogP contribution < -0.4 is 5.32 Å². The van der Waals surface area contributed by atoms with Gasteiger partial charge >= 0.3 is 0 Å². The molecule has 0 heterocycles. The highest BCUT2D eigenvalue weighted by atomic mass is 35.5. The zero-order valence-corrected chi connectivity index (χ0v) is 13.5. The normalized spacial score (nSPS) is 12.4. The maximum atomic E-state index is 14.3. The third-order valence-electron chi connectivity index (χ3n) is 3.83. The van der Waals surface area contributed by atoms with Crippen LogP contribution in [0.5, 0.6) is 0 Å². The molecule has 0 fully saturated rings. The molecule has 0 radical (unpaired) electrons. The lowest BCUT2D eigenvalue weighted by Gasteiger charge is -2.23. The summed E-state index contributed by atoms with van der Waals surface area (Å²) in [5.41, 5.74) is 4.16. The average molecular weight is 306 g/mol. The molecule has 112 valence electrons. The molecule has 2 rings (SSSR count). The Morgan fingerprint density at radius 1 is 1.14 bits per heavy atom. The highest BCUT2D eigenvalue weighted by Gasteiger charge is 2.19. The molecule has 1 atom stereocenters. The van der Waals surface area contributed by atoms with Gasteiger partial charge in [0.2, 0.25) is 0 Å². The summed E-state index contributed by atoms with van der Waals surface area (Å²) >= 11 is 5.87. The summed E-state index contributed by atoms with van der Waals surface area (Å²) in [4.78, 5) is 0. The Bertz CT molecular complexity index is 625. The molecule has 0 bridgehead atoms. The Balaban J connectivity index is 2.49. The molecule has 2 aromatic carbocycles. The van der Waals surface area contributed by atoms with E-state index in [1.807, 2.05) is 6.07 Å². The number of halogens is 2. The van der Waals surface area contributed by atoms with E-state index < -0.39 is 0 Å². The molecule has 2 aromatic rings. The molecule has 0 aliphatic rings. The van der Waals surface area contributed by atoms with Crippen LogP contribution >= 0.6 is 11.6 Å². The van der Waals surface area contributed by atoms with E-state index in [0.29, 0.717) is 10.6 Å². The van der Waals surface area contributed by atoms with Crippen molar-refractivity contribution < 1.29 is 4.39 Å². The second kappa shape index (κ2) is 7.06. The molecule has 0 aromatic heterocycles. The van der Waals surface area contributed by atoms with Crippen molar-refractivity contribution in [2.75, 3.05) is 6.54 Å². The molecule has 0 spiro atoms. The van der Waals surface area contributed by atoms with Crippen LogP contribution in [0.2, 0.25) is 5.02 Å². The molecule has 0 saturated heterocycles. The van der Waals surface area contributed by atoms with E-state index in [2.05, 4.69) is 38.2 Å². The number of hydrogen-bond acceptors (Lipinski definition) is 1. The standard InChI is InChI=1S/C18H21ClFN/c1-4-10-21-18(15-7-5-6-12(2)13(15)3)16-9-8-14(19)11-17(16)20/h5-9,11,18,21H,4,10H2,1-3H3. The van der Waals surface area contributed by atoms with Crippen LogP contribution in [0.25, 0.3) is 0 Å². The molecule has 1 nitrogen and oxygen atoms in total. The van der Waals surface area contributed by atoms with Crippen molar-refractivity contribution in [1.29, 1.82) is 0 Å². The van der Waals surface area contributed by atoms with E-state index in [4.69, 9.17) is 11.6 Å². The summed E-state index contributed by atoms with van der Waals surface area (Å²) < 4.78 is 14.3. The Labute approximate surface area is 131 Å². The lowest BCUT2D eigenvalue weighted by molar-refractivity contribution is 0.545. The molecule has 0 aliphatic heterocycles. The van der Waals surface area contributed by atoms with E-state index in [1.54, 1.807) is 12.1 Å². The summed E-state index contributed by atoms with van der Waals surface area (Å²) in [6.07, 6.45) is 0.997. The smallest absolute Gasteiger partial charge is 0.129 e. The molecule has 3 heteroatoms. The van der Waals surface area contributed by atoms with Crippen molar-refractivity contribution in [2.24, 2.45) is 0 Å². The summed E-state index contributed by atoms with van der Waals surface area (Å²) in [7, 11) is 0. The predicted molar refractivity (Wildman–Crippen MR) is 87.5 cm³/mol. The van der Waals surface area contributed by atoms with E-state index >= 15 is 0 Å². The highest BCUT2D eigenvalue weighted by Crippen LogP contribution is 2.29. The largest absolute Gasteiger partial charge is 0.306 e. The maximum Gasteiger partial charge on any atom is 0.129 e. The van der Waals surface area contributed by atoms with Crippen LogP contribution in [-0.4, -0.2) is 6.54 Å². The minimum absolute atomic E-state index is 0.151. The van der Waals surface area contributed by atoms with Gasteiger partial charge in [-0.1, -0.05) is 42.8 Å². The Morgan fingerprint density at radius 2 is 1.90 bits per heavy atom. The van der Waals surface area contributed by atoms with Crippen molar-refractivity contribution >= 4 is 11.6 Å². The van der Waals surface area contributed by atoms with Crippen molar-refractivity contribution in [1.82, 2.24) is 5.32 Å². The summed E-state index contributed by atoms with van der Waals surface area (Å²) in [6.45, 7) is 7.10. The number of benzene rings is 2. The van der Waals surface area contributed by atoms with Crippen LogP contribution in [0.3, 0.4) is 0 Å². The van der Waals surface area contributed by atoms with Gasteiger partial charge in [0.15, 0.2) is 0 Å². The van der Waals surface area contributed by atoms with Gasteiger partial charge in [0.25, 0.3) is 0 Å². The molecule has 1 N–H and O–H groups in total. The van der Waals surface area contributed by atoms with Gasteiger partial charge in [-0.2, -0.15) is 0 Å². The van der Waals surface area contributed by atoms with Crippen molar-refractivity contribution in [3.05, 3.63) is 69.5 Å². The fourth-order valence-corrected chi connectivity index (χ4v) is 2.66. The molecule has 0 aliphatic carbocycles. The van der Waals surface area contributed by atoms with Crippen molar-refractivity contribution in [3.63, 3.8) is 0 Å². The van der Waals surface area contributed by atoms with Crippen LogP contribution in [0, 0.1) is 19.7 Å². The van der Waals surface area contributed by atoms with E-state index in [1.165, 1.54) is 17.2 Å². The number of nitrogens with one attached hydrogen (secondary N) is 1. The van der Waals surface area contributed by atoms with E-state index in [0.717, 1.165) is 18.5 Å². The van der Waals surface area contributed by atoms with Crippen LogP contribution in [0.4, 0.5) is 4.39 Å². The predicted octanol–water partition coefficient (Wildman–Crippen LogP) is 5.18. The Morgan fingerprint density at radius 3 is 2.57 bits per heavy atom. The molecule has 1 unspecified atom stereocenters. The summed E-state index contributed by atoms with van der Waals surface area (Å²) in [6, 6.07) is 10.9. The number of rotatable bonds is 5. The zero-order valence-electron chi connectivity index (χ0n) is 12.7. The van der Waals surface area contributed by atoms with Crippen LogP contribution in [0.15, 0.2) is 36.4 Å². The SMILES string of the molecule is CCCNC(c1ccc(Cl)cc1F)c1cccc(C)c1C. The zero-order chi connectivity index (χ0) is 15.4. The first-order chi connectivity index (χ1) is 10.0. The van der Waals surface area contributed by atoms with Gasteiger partial charge in [0.05, 0.1) is 6.04 Å². The third-order valence-corrected chi connectivity index (χ3v) is 4.06. The van der Waals surface area contributed by atoms with E-state index in [9.17, 15) is 4.39 Å². The second-order valence-electron chi connectivity index (χ2n) is 5.34. The lowest BCUT2D eigenvalue weighted by atomic mass is 9.92. The van der Waals surface area contributed by atoms with Gasteiger partial charge < -0.3 is 5.32 Å². The molecular weight excluding hydrogens is 285 g/mol. The average Bonchev–Trinajstić information content (AvgIpc) is 2.45. The van der Waals surface area contributed by atoms with Crippen molar-refractivity contribution in [3.8, 4) is 0 Å². The first kappa shape index (κ1) is 16.0. The quantitative estimate of drug-likeness (QED) is 0.802. The fourth-order valence-electron chi connectivity index (χ4n) is 2.50. The van der Waals surface area contributed by atoms with Gasteiger partial charge in [-0.3, -0.25) is 0 Å². The molecular formula is C18H21ClFN. The molecule has 0 saturated carbocycles. The monoisotopic (exact) mass is 305 g/mol. The first-order valence-corrected chi connectivity index (χ1v) is 7.66. The lowest BCUT2D eigenvalue weighted by Crippen LogP contribution is -2.25. The number of hydrogen-bond donors (Lipinski definition) is 1. The van der Waals surface area contributed by atoms with Gasteiger partial charge in [0, 0.05) is 10.6 Å². The Hall–Kier alpha value is -1.38. The van der Waals surface area contributed by atoms with Crippen molar-refractivity contribution in [2.45, 2.75) is 33.2 Å². The fraction of sp³-hybridized carbons (Fsp3) is 0.333.